The van der Waals surface area contributed by atoms with Gasteiger partial charge in [-0.25, -0.2) is 4.98 Å². The number of nitrogens with zero attached hydrogens (tertiary/aromatic N) is 3. The third kappa shape index (κ3) is 4.65. The van der Waals surface area contributed by atoms with Crippen molar-refractivity contribution in [1.29, 1.82) is 0 Å². The Kier molecular flexibility index (Phi) is 6.08. The van der Waals surface area contributed by atoms with Crippen molar-refractivity contribution < 1.29 is 9.53 Å². The van der Waals surface area contributed by atoms with Crippen molar-refractivity contribution in [2.75, 3.05) is 7.11 Å². The van der Waals surface area contributed by atoms with Gasteiger partial charge in [-0.15, -0.1) is 11.8 Å². The Morgan fingerprint density at radius 3 is 2.81 bits per heavy atom. The van der Waals surface area contributed by atoms with Gasteiger partial charge in [-0.2, -0.15) is 5.10 Å². The summed E-state index contributed by atoms with van der Waals surface area (Å²) < 4.78 is 7.16. The van der Waals surface area contributed by atoms with Crippen molar-refractivity contribution in [2.24, 2.45) is 7.05 Å². The Labute approximate surface area is 163 Å². The summed E-state index contributed by atoms with van der Waals surface area (Å²) in [6, 6.07) is 11.8. The van der Waals surface area contributed by atoms with E-state index in [1.807, 2.05) is 56.4 Å². The minimum absolute atomic E-state index is 0.0548. The van der Waals surface area contributed by atoms with Crippen molar-refractivity contribution >= 4 is 23.6 Å². The number of carbonyl (C=O) groups excluding carboxylic acids is 1. The number of rotatable bonds is 7. The van der Waals surface area contributed by atoms with Gasteiger partial charge >= 0.3 is 0 Å². The van der Waals surface area contributed by atoms with E-state index in [0.29, 0.717) is 5.56 Å². The molecule has 27 heavy (non-hydrogen) atoms. The number of hydrogen-bond acceptors (Lipinski definition) is 5. The van der Waals surface area contributed by atoms with Gasteiger partial charge in [-0.3, -0.25) is 9.48 Å². The largest absolute Gasteiger partial charge is 0.496 e. The molecule has 3 aromatic rings. The van der Waals surface area contributed by atoms with E-state index >= 15 is 0 Å². The van der Waals surface area contributed by atoms with Gasteiger partial charge in [0.15, 0.2) is 5.78 Å². The highest BCUT2D eigenvalue weighted by Gasteiger charge is 2.10. The van der Waals surface area contributed by atoms with Crippen molar-refractivity contribution in [2.45, 2.75) is 17.7 Å². The summed E-state index contributed by atoms with van der Waals surface area (Å²) in [7, 11) is 3.49. The fraction of sp³-hybridized carbons (Fsp3) is 0.190. The molecule has 0 fully saturated rings. The van der Waals surface area contributed by atoms with E-state index in [9.17, 15) is 4.79 Å². The molecule has 0 N–H and O–H groups in total. The summed E-state index contributed by atoms with van der Waals surface area (Å²) in [5.74, 6) is 1.50. The maximum atomic E-state index is 12.4. The Balaban J connectivity index is 1.76. The topological polar surface area (TPSA) is 57.0 Å². The van der Waals surface area contributed by atoms with Crippen LogP contribution in [0.1, 0.15) is 27.2 Å². The number of aromatic nitrogens is 3. The molecule has 0 atom stereocenters. The molecule has 5 nitrogen and oxygen atoms in total. The molecule has 3 rings (SSSR count). The second-order valence-electron chi connectivity index (χ2n) is 5.99. The van der Waals surface area contributed by atoms with Crippen LogP contribution in [0, 0.1) is 6.92 Å². The van der Waals surface area contributed by atoms with Gasteiger partial charge in [0.2, 0.25) is 0 Å². The number of benzene rings is 1. The van der Waals surface area contributed by atoms with Gasteiger partial charge in [0.05, 0.1) is 23.9 Å². The third-order valence-corrected chi connectivity index (χ3v) is 5.24. The molecule has 1 aromatic carbocycles. The normalized spacial score (nSPS) is 11.1. The smallest absolute Gasteiger partial charge is 0.189 e. The zero-order valence-corrected chi connectivity index (χ0v) is 16.4. The Bertz CT molecular complexity index is 965. The lowest BCUT2D eigenvalue weighted by Gasteiger charge is -2.09. The van der Waals surface area contributed by atoms with Gasteiger partial charge in [0.1, 0.15) is 5.75 Å². The van der Waals surface area contributed by atoms with E-state index in [-0.39, 0.29) is 5.78 Å². The van der Waals surface area contributed by atoms with Crippen molar-refractivity contribution in [3.05, 3.63) is 77.3 Å². The van der Waals surface area contributed by atoms with E-state index in [2.05, 4.69) is 10.1 Å². The fourth-order valence-electron chi connectivity index (χ4n) is 2.60. The van der Waals surface area contributed by atoms with Gasteiger partial charge in [0.25, 0.3) is 0 Å². The molecule has 0 amide bonds. The van der Waals surface area contributed by atoms with Gasteiger partial charge in [0, 0.05) is 30.3 Å². The van der Waals surface area contributed by atoms with E-state index in [4.69, 9.17) is 4.74 Å². The highest BCUT2D eigenvalue weighted by Crippen LogP contribution is 2.28. The molecule has 138 valence electrons. The summed E-state index contributed by atoms with van der Waals surface area (Å²) in [5, 5.41) is 5.08. The number of ether oxygens (including phenoxy) is 1. The Hall–Kier alpha value is -2.86. The van der Waals surface area contributed by atoms with E-state index in [1.54, 1.807) is 42.0 Å². The minimum Gasteiger partial charge on any atom is -0.496 e. The Morgan fingerprint density at radius 1 is 1.30 bits per heavy atom. The molecule has 0 aliphatic carbocycles. The molecule has 0 unspecified atom stereocenters. The summed E-state index contributed by atoms with van der Waals surface area (Å²) >= 11 is 1.64. The zero-order chi connectivity index (χ0) is 19.2. The van der Waals surface area contributed by atoms with Crippen LogP contribution in [0.4, 0.5) is 0 Å². The highest BCUT2D eigenvalue weighted by molar-refractivity contribution is 7.98. The van der Waals surface area contributed by atoms with Gasteiger partial charge < -0.3 is 4.74 Å². The third-order valence-electron chi connectivity index (χ3n) is 4.25. The molecule has 0 saturated heterocycles. The van der Waals surface area contributed by atoms with Gasteiger partial charge in [-0.1, -0.05) is 18.2 Å². The van der Waals surface area contributed by atoms with Crippen LogP contribution in [0.5, 0.6) is 5.75 Å². The van der Waals surface area contributed by atoms with Crippen LogP contribution in [-0.4, -0.2) is 27.7 Å². The van der Waals surface area contributed by atoms with Crippen LogP contribution in [0.3, 0.4) is 0 Å². The molecule has 0 saturated carbocycles. The maximum absolute atomic E-state index is 12.4. The standard InChI is InChI=1S/C21H21N3O2S/c1-15-18(13-23-24(15)2)19(25)9-7-16-8-10-20(26-3)17(12-16)14-27-21-6-4-5-11-22-21/h4-13H,14H2,1-3H3. The first-order valence-corrected chi connectivity index (χ1v) is 9.49. The summed E-state index contributed by atoms with van der Waals surface area (Å²) in [4.78, 5) is 16.7. The first-order valence-electron chi connectivity index (χ1n) is 8.50. The molecule has 2 heterocycles. The molecular formula is C21H21N3O2S. The molecule has 6 heteroatoms. The van der Waals surface area contributed by atoms with Crippen molar-refractivity contribution in [3.8, 4) is 5.75 Å². The van der Waals surface area contributed by atoms with Crippen LogP contribution in [-0.2, 0) is 12.8 Å². The second kappa shape index (κ2) is 8.68. The van der Waals surface area contributed by atoms with Crippen LogP contribution < -0.4 is 4.74 Å². The van der Waals surface area contributed by atoms with Gasteiger partial charge in [-0.05, 0) is 42.8 Å². The molecule has 2 aromatic heterocycles. The number of ketones is 1. The predicted molar refractivity (Wildman–Crippen MR) is 108 cm³/mol. The minimum atomic E-state index is -0.0548. The summed E-state index contributed by atoms with van der Waals surface area (Å²) in [5.41, 5.74) is 3.47. The second-order valence-corrected chi connectivity index (χ2v) is 6.99. The molecule has 0 radical (unpaired) electrons. The van der Waals surface area contributed by atoms with E-state index in [1.165, 1.54) is 0 Å². The first kappa shape index (κ1) is 18.9. The quantitative estimate of drug-likeness (QED) is 0.348. The average Bonchev–Trinajstić information content (AvgIpc) is 3.04. The summed E-state index contributed by atoms with van der Waals surface area (Å²) in [6.07, 6.45) is 6.79. The highest BCUT2D eigenvalue weighted by atomic mass is 32.2. The molecule has 0 aliphatic rings. The van der Waals surface area contributed by atoms with Crippen molar-refractivity contribution in [3.63, 3.8) is 0 Å². The number of aryl methyl sites for hydroxylation is 1. The van der Waals surface area contributed by atoms with Crippen LogP contribution >= 0.6 is 11.8 Å². The first-order chi connectivity index (χ1) is 13.1. The van der Waals surface area contributed by atoms with E-state index < -0.39 is 0 Å². The molecule has 0 spiro atoms. The Morgan fingerprint density at radius 2 is 2.15 bits per heavy atom. The SMILES string of the molecule is COc1ccc(C=CC(=O)c2cnn(C)c2C)cc1CSc1ccccn1. The monoisotopic (exact) mass is 379 g/mol. The number of methoxy groups -OCH3 is 1. The lowest BCUT2D eigenvalue weighted by atomic mass is 10.1. The number of allylic oxidation sites excluding steroid dienone is 1. The van der Waals surface area contributed by atoms with E-state index in [0.717, 1.165) is 33.3 Å². The summed E-state index contributed by atoms with van der Waals surface area (Å²) in [6.45, 7) is 1.88. The van der Waals surface area contributed by atoms with Crippen molar-refractivity contribution in [1.82, 2.24) is 14.8 Å². The maximum Gasteiger partial charge on any atom is 0.189 e. The zero-order valence-electron chi connectivity index (χ0n) is 15.5. The molecule has 0 bridgehead atoms. The van der Waals surface area contributed by atoms with Crippen LogP contribution in [0.15, 0.2) is 59.9 Å². The molecular weight excluding hydrogens is 358 g/mol. The lowest BCUT2D eigenvalue weighted by molar-refractivity contribution is 0.104. The number of hydrogen-bond donors (Lipinski definition) is 0. The molecule has 0 aliphatic heterocycles. The number of carbonyl (C=O) groups is 1. The van der Waals surface area contributed by atoms with Crippen LogP contribution in [0.25, 0.3) is 6.08 Å². The fourth-order valence-corrected chi connectivity index (χ4v) is 3.44. The predicted octanol–water partition coefficient (Wildman–Crippen LogP) is 4.32. The average molecular weight is 379 g/mol. The number of thioether (sulfide) groups is 1. The number of pyridine rings is 1. The van der Waals surface area contributed by atoms with Crippen LogP contribution in [0.2, 0.25) is 0 Å². The lowest BCUT2D eigenvalue weighted by Crippen LogP contribution is -1.98.